The fourth-order valence-electron chi connectivity index (χ4n) is 16.5. The number of rotatable bonds is 9. The van der Waals surface area contributed by atoms with E-state index in [0.717, 1.165) is 17.1 Å². The van der Waals surface area contributed by atoms with Crippen LogP contribution >= 0.6 is 0 Å². The smallest absolute Gasteiger partial charge is 0.0641 e. The van der Waals surface area contributed by atoms with E-state index in [4.69, 9.17) is 0 Å². The van der Waals surface area contributed by atoms with Crippen molar-refractivity contribution in [3.63, 3.8) is 0 Å². The first-order valence-electron chi connectivity index (χ1n) is 31.8. The van der Waals surface area contributed by atoms with Gasteiger partial charge < -0.3 is 14.2 Å². The maximum atomic E-state index is 2.64. The van der Waals surface area contributed by atoms with E-state index in [9.17, 15) is 0 Å². The van der Waals surface area contributed by atoms with Crippen molar-refractivity contribution in [2.75, 3.05) is 9.80 Å². The van der Waals surface area contributed by atoms with Crippen molar-refractivity contribution in [1.82, 2.24) is 4.40 Å². The van der Waals surface area contributed by atoms with Crippen LogP contribution in [0, 0.1) is 0 Å². The van der Waals surface area contributed by atoms with Crippen molar-refractivity contribution >= 4 is 83.0 Å². The monoisotopic (exact) mass is 1130 g/mol. The van der Waals surface area contributed by atoms with Crippen molar-refractivity contribution in [2.24, 2.45) is 0 Å². The maximum absolute atomic E-state index is 2.64. The van der Waals surface area contributed by atoms with E-state index < -0.39 is 0 Å². The molecular formula is C85H71N3. The van der Waals surface area contributed by atoms with Gasteiger partial charge in [0.25, 0.3) is 0 Å². The molecule has 0 amide bonds. The summed E-state index contributed by atoms with van der Waals surface area (Å²) in [6.45, 7) is 23.6. The molecule has 0 N–H and O–H groups in total. The molecule has 0 saturated carbocycles. The molecule has 3 aliphatic rings. The Morgan fingerprint density at radius 3 is 1.44 bits per heavy atom. The standard InChI is InChI=1S/C85H71N3/c1-50(2)53-22-18-24-56(44-53)86(58-32-40-74-69(47-58)61-26-14-16-28-72(61)83(74,5)6)60-31-34-63-64-35-37-66-65(80(64)85(9,10)76(63)49-60)36-38-67-68-39-43-78(79-71-46-55(52-20-12-11-13-21-52)30-42-77(71)88(81(66)67)82(68)79)87(57-25-19-23-54(45-57)51(3)4)59-33-41-75-70(48-59)62-27-15-17-29-73(62)84(75,7)8/h11-51H,1-10H3. The minimum Gasteiger partial charge on any atom is -0.310 e. The van der Waals surface area contributed by atoms with Crippen LogP contribution in [0.15, 0.2) is 237 Å². The second kappa shape index (κ2) is 18.7. The Bertz CT molecular complexity index is 5260. The molecule has 0 saturated heterocycles. The maximum Gasteiger partial charge on any atom is 0.0641 e. The van der Waals surface area contributed by atoms with Gasteiger partial charge >= 0.3 is 0 Å². The molecule has 426 valence electrons. The predicted octanol–water partition coefficient (Wildman–Crippen LogP) is 23.8. The first-order valence-corrected chi connectivity index (χ1v) is 31.8. The molecule has 0 radical (unpaired) electrons. The number of nitrogens with zero attached hydrogens (tertiary/aromatic N) is 3. The second-order valence-corrected chi connectivity index (χ2v) is 27.7. The van der Waals surface area contributed by atoms with Gasteiger partial charge in [0.05, 0.1) is 22.2 Å². The van der Waals surface area contributed by atoms with Crippen LogP contribution in [0.4, 0.5) is 34.1 Å². The largest absolute Gasteiger partial charge is 0.310 e. The molecule has 3 heteroatoms. The summed E-state index contributed by atoms with van der Waals surface area (Å²) in [6, 6.07) is 91.0. The number of fused-ring (bicyclic) bond motifs is 18. The fourth-order valence-corrected chi connectivity index (χ4v) is 16.5. The average molecular weight is 1130 g/mol. The molecule has 14 aromatic rings. The lowest BCUT2D eigenvalue weighted by atomic mass is 9.80. The van der Waals surface area contributed by atoms with E-state index in [1.807, 2.05) is 0 Å². The van der Waals surface area contributed by atoms with Crippen molar-refractivity contribution < 1.29 is 0 Å². The highest BCUT2D eigenvalue weighted by Gasteiger charge is 2.41. The third-order valence-electron chi connectivity index (χ3n) is 21.0. The summed E-state index contributed by atoms with van der Waals surface area (Å²) in [5, 5.41) is 7.62. The number of anilines is 6. The lowest BCUT2D eigenvalue weighted by Gasteiger charge is -2.29. The number of benzene rings is 12. The van der Waals surface area contributed by atoms with Crippen molar-refractivity contribution in [2.45, 2.75) is 97.3 Å². The van der Waals surface area contributed by atoms with E-state index in [0.29, 0.717) is 11.8 Å². The zero-order valence-electron chi connectivity index (χ0n) is 52.0. The van der Waals surface area contributed by atoms with Crippen LogP contribution < -0.4 is 9.80 Å². The van der Waals surface area contributed by atoms with Gasteiger partial charge in [-0.05, 0) is 185 Å². The van der Waals surface area contributed by atoms with Crippen molar-refractivity contribution in [3.05, 3.63) is 281 Å². The number of aromatic nitrogens is 1. The summed E-state index contributed by atoms with van der Waals surface area (Å²) in [5.41, 5.74) is 31.4. The van der Waals surface area contributed by atoms with Gasteiger partial charge in [-0.2, -0.15) is 0 Å². The average Bonchev–Trinajstić information content (AvgIpc) is 1.52. The predicted molar refractivity (Wildman–Crippen MR) is 374 cm³/mol. The van der Waals surface area contributed by atoms with Crippen LogP contribution in [0.2, 0.25) is 0 Å². The molecule has 0 aliphatic heterocycles. The molecule has 17 rings (SSSR count). The van der Waals surface area contributed by atoms with E-state index in [1.165, 1.54) is 155 Å². The van der Waals surface area contributed by atoms with Crippen LogP contribution in [0.5, 0.6) is 0 Å². The van der Waals surface area contributed by atoms with Gasteiger partial charge in [0.1, 0.15) is 0 Å². The lowest BCUT2D eigenvalue weighted by molar-refractivity contribution is 0.660. The molecule has 0 atom stereocenters. The minimum absolute atomic E-state index is 0.0758. The molecule has 0 fully saturated rings. The first kappa shape index (κ1) is 52.6. The Morgan fingerprint density at radius 1 is 0.307 bits per heavy atom. The van der Waals surface area contributed by atoms with Crippen molar-refractivity contribution in [3.8, 4) is 44.5 Å². The lowest BCUT2D eigenvalue weighted by Crippen LogP contribution is -2.17. The summed E-state index contributed by atoms with van der Waals surface area (Å²) >= 11 is 0. The van der Waals surface area contributed by atoms with Gasteiger partial charge in [0.15, 0.2) is 0 Å². The number of hydrogen-bond acceptors (Lipinski definition) is 2. The van der Waals surface area contributed by atoms with Gasteiger partial charge in [-0.15, -0.1) is 0 Å². The van der Waals surface area contributed by atoms with Crippen molar-refractivity contribution in [1.29, 1.82) is 0 Å². The Hall–Kier alpha value is -9.70. The van der Waals surface area contributed by atoms with Gasteiger partial charge in [-0.25, -0.2) is 0 Å². The zero-order chi connectivity index (χ0) is 59.9. The third-order valence-corrected chi connectivity index (χ3v) is 21.0. The normalized spacial score (nSPS) is 14.7. The molecule has 12 aromatic carbocycles. The van der Waals surface area contributed by atoms with Gasteiger partial charge in [-0.3, -0.25) is 0 Å². The summed E-state index contributed by atoms with van der Waals surface area (Å²) in [7, 11) is 0. The van der Waals surface area contributed by atoms with Gasteiger partial charge in [0.2, 0.25) is 0 Å². The first-order chi connectivity index (χ1) is 42.6. The molecule has 3 nitrogen and oxygen atoms in total. The summed E-state index contributed by atoms with van der Waals surface area (Å²) in [5.74, 6) is 0.756. The Labute approximate surface area is 517 Å². The van der Waals surface area contributed by atoms with E-state index >= 15 is 0 Å². The Morgan fingerprint density at radius 2 is 0.795 bits per heavy atom. The van der Waals surface area contributed by atoms with Crippen LogP contribution in [0.25, 0.3) is 93.4 Å². The molecule has 88 heavy (non-hydrogen) atoms. The number of hydrogen-bond donors (Lipinski definition) is 0. The van der Waals surface area contributed by atoms with E-state index in [-0.39, 0.29) is 16.2 Å². The van der Waals surface area contributed by atoms with E-state index in [1.54, 1.807) is 0 Å². The van der Waals surface area contributed by atoms with Gasteiger partial charge in [-0.1, -0.05) is 227 Å². The topological polar surface area (TPSA) is 10.9 Å². The van der Waals surface area contributed by atoms with Crippen LogP contribution in [-0.4, -0.2) is 4.40 Å². The van der Waals surface area contributed by atoms with E-state index in [2.05, 4.69) is 320 Å². The molecule has 2 heterocycles. The quantitative estimate of drug-likeness (QED) is 0.143. The van der Waals surface area contributed by atoms with Crippen LogP contribution in [0.1, 0.15) is 126 Å². The Balaban J connectivity index is 0.874. The molecular weight excluding hydrogens is 1060 g/mol. The second-order valence-electron chi connectivity index (χ2n) is 27.7. The minimum atomic E-state index is -0.325. The SMILES string of the molecule is CC(C)c1cccc(N(c2ccc3c(c2)-c2ccccc2C3(C)C)c2ccc3c(c2)C(C)(C)c2c-3ccc3c2ccc2c4ccc(N(c5cccc(C(C)C)c5)c5ccc6c(c5)-c5ccccc5C6(C)C)c5c6cc(-c7ccccc7)ccc6n(c32)c45)c1. The van der Waals surface area contributed by atoms with Gasteiger partial charge in [0, 0.05) is 71.6 Å². The van der Waals surface area contributed by atoms with Crippen LogP contribution in [0.3, 0.4) is 0 Å². The molecule has 0 bridgehead atoms. The summed E-state index contributed by atoms with van der Waals surface area (Å²) in [4.78, 5) is 5.07. The molecule has 3 aliphatic carbocycles. The molecule has 0 spiro atoms. The highest BCUT2D eigenvalue weighted by atomic mass is 15.2. The highest BCUT2D eigenvalue weighted by molar-refractivity contribution is 6.31. The third kappa shape index (κ3) is 7.31. The summed E-state index contributed by atoms with van der Waals surface area (Å²) in [6.07, 6.45) is 0. The zero-order valence-corrected chi connectivity index (χ0v) is 52.0. The Kier molecular flexibility index (Phi) is 11.2. The molecule has 0 unspecified atom stereocenters. The highest BCUT2D eigenvalue weighted by Crippen LogP contribution is 2.58. The molecule has 2 aromatic heterocycles. The van der Waals surface area contributed by atoms with Crippen LogP contribution in [-0.2, 0) is 16.2 Å². The summed E-state index contributed by atoms with van der Waals surface area (Å²) < 4.78 is 2.64. The fraction of sp³-hybridized carbons (Fsp3) is 0.176.